The van der Waals surface area contributed by atoms with Crippen molar-refractivity contribution in [1.82, 2.24) is 29.8 Å². The van der Waals surface area contributed by atoms with E-state index in [-0.39, 0.29) is 12.3 Å². The van der Waals surface area contributed by atoms with Crippen LogP contribution in [0, 0.1) is 0 Å². The zero-order valence-electron chi connectivity index (χ0n) is 19.0. The third-order valence-corrected chi connectivity index (χ3v) is 7.32. The van der Waals surface area contributed by atoms with Gasteiger partial charge in [-0.05, 0) is 24.1 Å². The Balaban J connectivity index is 1.50. The van der Waals surface area contributed by atoms with Gasteiger partial charge in [-0.2, -0.15) is 14.8 Å². The van der Waals surface area contributed by atoms with E-state index < -0.39 is 10.0 Å². The fourth-order valence-electron chi connectivity index (χ4n) is 4.07. The van der Waals surface area contributed by atoms with E-state index in [9.17, 15) is 8.42 Å². The molecule has 10 heteroatoms. The minimum absolute atomic E-state index is 0.0405. The number of benzene rings is 2. The number of fused-ring (bicyclic) bond motifs is 2. The number of nitrogens with one attached hydrogen (secondary N) is 3. The molecule has 0 unspecified atom stereocenters. The average Bonchev–Trinajstić information content (AvgIpc) is 3.31. The first-order valence-electron chi connectivity index (χ1n) is 11.4. The van der Waals surface area contributed by atoms with E-state index in [0.717, 1.165) is 46.5 Å². The molecule has 1 aliphatic rings. The van der Waals surface area contributed by atoms with E-state index >= 15 is 0 Å². The van der Waals surface area contributed by atoms with E-state index in [2.05, 4.69) is 32.6 Å². The number of hydrogen-bond donors (Lipinski definition) is 3. The van der Waals surface area contributed by atoms with Crippen LogP contribution in [0.15, 0.2) is 54.7 Å². The normalized spacial score (nSPS) is 13.7. The SMILES string of the molecule is CCS(=O)(=O)NCc1cccc2c1cnn2-c1nc2c(c(NCc3ccccc3)n1)CNCC2. The molecule has 9 nitrogen and oxygen atoms in total. The van der Waals surface area contributed by atoms with Crippen LogP contribution in [0.25, 0.3) is 16.9 Å². The van der Waals surface area contributed by atoms with Gasteiger partial charge in [0.25, 0.3) is 5.95 Å². The van der Waals surface area contributed by atoms with E-state index in [1.54, 1.807) is 17.8 Å². The van der Waals surface area contributed by atoms with Crippen LogP contribution in [-0.2, 0) is 36.1 Å². The smallest absolute Gasteiger partial charge is 0.253 e. The van der Waals surface area contributed by atoms with Crippen LogP contribution in [0.5, 0.6) is 0 Å². The molecule has 0 saturated heterocycles. The highest BCUT2D eigenvalue weighted by atomic mass is 32.2. The number of aromatic nitrogens is 4. The summed E-state index contributed by atoms with van der Waals surface area (Å²) in [6, 6.07) is 15.9. The second-order valence-corrected chi connectivity index (χ2v) is 10.3. The van der Waals surface area contributed by atoms with Gasteiger partial charge in [-0.25, -0.2) is 18.1 Å². The van der Waals surface area contributed by atoms with Crippen molar-refractivity contribution in [2.75, 3.05) is 17.6 Å². The molecule has 0 amide bonds. The molecular formula is C24H27N7O2S. The lowest BCUT2D eigenvalue weighted by molar-refractivity contribution is 0.583. The summed E-state index contributed by atoms with van der Waals surface area (Å²) in [6.45, 7) is 4.07. The maximum atomic E-state index is 11.9. The molecule has 0 bridgehead atoms. The molecule has 3 N–H and O–H groups in total. The van der Waals surface area contributed by atoms with Gasteiger partial charge in [0.05, 0.1) is 23.2 Å². The molecule has 176 valence electrons. The van der Waals surface area contributed by atoms with Gasteiger partial charge in [0, 0.05) is 43.5 Å². The minimum atomic E-state index is -3.29. The third kappa shape index (κ3) is 4.65. The highest BCUT2D eigenvalue weighted by Gasteiger charge is 2.20. The molecule has 34 heavy (non-hydrogen) atoms. The monoisotopic (exact) mass is 477 g/mol. The molecular weight excluding hydrogens is 450 g/mol. The lowest BCUT2D eigenvalue weighted by Crippen LogP contribution is -2.27. The largest absolute Gasteiger partial charge is 0.366 e. The molecule has 4 aromatic rings. The lowest BCUT2D eigenvalue weighted by atomic mass is 10.1. The Labute approximate surface area is 198 Å². The van der Waals surface area contributed by atoms with Gasteiger partial charge in [0.2, 0.25) is 10.0 Å². The summed E-state index contributed by atoms with van der Waals surface area (Å²) < 4.78 is 28.2. The molecule has 2 aromatic heterocycles. The summed E-state index contributed by atoms with van der Waals surface area (Å²) in [5, 5.41) is 12.3. The first-order valence-corrected chi connectivity index (χ1v) is 13.0. The zero-order valence-corrected chi connectivity index (χ0v) is 19.8. The van der Waals surface area contributed by atoms with Crippen molar-refractivity contribution in [3.63, 3.8) is 0 Å². The van der Waals surface area contributed by atoms with Crippen LogP contribution in [0.1, 0.15) is 29.3 Å². The molecule has 0 spiro atoms. The van der Waals surface area contributed by atoms with Crippen LogP contribution >= 0.6 is 0 Å². The number of rotatable bonds is 8. The highest BCUT2D eigenvalue weighted by molar-refractivity contribution is 7.89. The van der Waals surface area contributed by atoms with E-state index in [1.165, 1.54) is 5.56 Å². The predicted molar refractivity (Wildman–Crippen MR) is 132 cm³/mol. The van der Waals surface area contributed by atoms with Gasteiger partial charge in [0.1, 0.15) is 5.82 Å². The Morgan fingerprint density at radius 3 is 2.74 bits per heavy atom. The molecule has 5 rings (SSSR count). The fourth-order valence-corrected chi connectivity index (χ4v) is 4.65. The van der Waals surface area contributed by atoms with Crippen molar-refractivity contribution in [2.45, 2.75) is 33.0 Å². The van der Waals surface area contributed by atoms with Gasteiger partial charge < -0.3 is 10.6 Å². The predicted octanol–water partition coefficient (Wildman–Crippen LogP) is 2.51. The molecule has 0 atom stereocenters. The zero-order chi connectivity index (χ0) is 23.5. The standard InChI is InChI=1S/C24H27N7O2S/c1-2-34(32,33)28-14-18-9-6-10-22-19(18)16-27-31(22)24-29-21-11-12-25-15-20(21)23(30-24)26-13-17-7-4-3-5-8-17/h3-10,16,25,28H,2,11-15H2,1H3,(H,26,29,30). The van der Waals surface area contributed by atoms with Gasteiger partial charge in [0.15, 0.2) is 0 Å². The van der Waals surface area contributed by atoms with Gasteiger partial charge in [-0.3, -0.25) is 0 Å². The van der Waals surface area contributed by atoms with Crippen molar-refractivity contribution in [3.8, 4) is 5.95 Å². The molecule has 1 aliphatic heterocycles. The van der Waals surface area contributed by atoms with Crippen LogP contribution in [0.4, 0.5) is 5.82 Å². The topological polar surface area (TPSA) is 114 Å². The molecule has 3 heterocycles. The van der Waals surface area contributed by atoms with Crippen LogP contribution in [0.2, 0.25) is 0 Å². The Bertz CT molecular complexity index is 1420. The van der Waals surface area contributed by atoms with Crippen molar-refractivity contribution in [3.05, 3.63) is 77.1 Å². The Kier molecular flexibility index (Phi) is 6.27. The lowest BCUT2D eigenvalue weighted by Gasteiger charge is -2.21. The fraction of sp³-hybridized carbons (Fsp3) is 0.292. The van der Waals surface area contributed by atoms with E-state index in [0.29, 0.717) is 19.0 Å². The molecule has 2 aromatic carbocycles. The third-order valence-electron chi connectivity index (χ3n) is 5.98. The number of hydrogen-bond acceptors (Lipinski definition) is 7. The molecule has 0 aliphatic carbocycles. The molecule has 0 radical (unpaired) electrons. The summed E-state index contributed by atoms with van der Waals surface area (Å²) in [7, 11) is -3.29. The van der Waals surface area contributed by atoms with Crippen LogP contribution in [-0.4, -0.2) is 40.5 Å². The second kappa shape index (κ2) is 9.49. The second-order valence-electron chi connectivity index (χ2n) is 8.19. The summed E-state index contributed by atoms with van der Waals surface area (Å²) in [6.07, 6.45) is 2.56. The summed E-state index contributed by atoms with van der Waals surface area (Å²) in [5.41, 5.74) is 4.94. The molecule has 0 saturated carbocycles. The first kappa shape index (κ1) is 22.5. The van der Waals surface area contributed by atoms with Crippen molar-refractivity contribution in [1.29, 1.82) is 0 Å². The number of sulfonamides is 1. The maximum Gasteiger partial charge on any atom is 0.253 e. The Morgan fingerprint density at radius 1 is 1.06 bits per heavy atom. The number of anilines is 1. The van der Waals surface area contributed by atoms with Crippen molar-refractivity contribution in [2.24, 2.45) is 0 Å². The van der Waals surface area contributed by atoms with E-state index in [1.807, 2.05) is 36.4 Å². The molecule has 0 fully saturated rings. The number of nitrogens with zero attached hydrogens (tertiary/aromatic N) is 4. The van der Waals surface area contributed by atoms with Gasteiger partial charge in [-0.15, -0.1) is 0 Å². The van der Waals surface area contributed by atoms with E-state index in [4.69, 9.17) is 9.97 Å². The van der Waals surface area contributed by atoms with Gasteiger partial charge in [-0.1, -0.05) is 42.5 Å². The summed E-state index contributed by atoms with van der Waals surface area (Å²) in [5.74, 6) is 1.34. The maximum absolute atomic E-state index is 11.9. The summed E-state index contributed by atoms with van der Waals surface area (Å²) in [4.78, 5) is 9.70. The minimum Gasteiger partial charge on any atom is -0.366 e. The Morgan fingerprint density at radius 2 is 1.91 bits per heavy atom. The van der Waals surface area contributed by atoms with Crippen LogP contribution < -0.4 is 15.4 Å². The van der Waals surface area contributed by atoms with Crippen molar-refractivity contribution < 1.29 is 8.42 Å². The van der Waals surface area contributed by atoms with Gasteiger partial charge >= 0.3 is 0 Å². The highest BCUT2D eigenvalue weighted by Crippen LogP contribution is 2.25. The Hall–Kier alpha value is -3.34. The van der Waals surface area contributed by atoms with Crippen LogP contribution in [0.3, 0.4) is 0 Å². The average molecular weight is 478 g/mol. The quantitative estimate of drug-likeness (QED) is 0.357. The van der Waals surface area contributed by atoms with Crippen molar-refractivity contribution >= 4 is 26.7 Å². The first-order chi connectivity index (χ1) is 16.5. The summed E-state index contributed by atoms with van der Waals surface area (Å²) >= 11 is 0.